The number of aryl methyl sites for hydroxylation is 2. The molecule has 2 atom stereocenters. The fraction of sp³-hybridized carbons (Fsp3) is 0.625. The fourth-order valence-corrected chi connectivity index (χ4v) is 5.89. The van der Waals surface area contributed by atoms with Gasteiger partial charge >= 0.3 is 0 Å². The molecule has 0 radical (unpaired) electrons. The van der Waals surface area contributed by atoms with Gasteiger partial charge in [-0.3, -0.25) is 9.88 Å². The predicted octanol–water partition coefficient (Wildman–Crippen LogP) is 5.58. The van der Waals surface area contributed by atoms with Crippen LogP contribution >= 0.6 is 11.3 Å². The zero-order valence-corrected chi connectivity index (χ0v) is 18.4. The molecule has 2 aromatic rings. The predicted molar refractivity (Wildman–Crippen MR) is 117 cm³/mol. The van der Waals surface area contributed by atoms with Gasteiger partial charge in [0.25, 0.3) is 0 Å². The minimum Gasteiger partial charge on any atom is -0.378 e. The molecular weight excluding hydrogens is 364 g/mol. The Morgan fingerprint density at radius 3 is 2.89 bits per heavy atom. The van der Waals surface area contributed by atoms with Crippen molar-refractivity contribution in [2.75, 3.05) is 19.7 Å². The second kappa shape index (κ2) is 8.25. The van der Waals surface area contributed by atoms with Crippen molar-refractivity contribution >= 4 is 11.3 Å². The largest absolute Gasteiger partial charge is 0.378 e. The quantitative estimate of drug-likeness (QED) is 0.609. The van der Waals surface area contributed by atoms with Crippen molar-refractivity contribution in [2.45, 2.75) is 70.9 Å². The molecule has 152 valence electrons. The van der Waals surface area contributed by atoms with Crippen LogP contribution in [0.15, 0.2) is 35.8 Å². The van der Waals surface area contributed by atoms with Crippen LogP contribution < -0.4 is 0 Å². The maximum absolute atomic E-state index is 6.27. The monoisotopic (exact) mass is 398 g/mol. The second-order valence-corrected chi connectivity index (χ2v) is 10.2. The van der Waals surface area contributed by atoms with Crippen LogP contribution in [0.3, 0.4) is 0 Å². The van der Waals surface area contributed by atoms with Gasteiger partial charge in [0.2, 0.25) is 0 Å². The maximum atomic E-state index is 6.27. The lowest BCUT2D eigenvalue weighted by atomic mass is 9.75. The van der Waals surface area contributed by atoms with Crippen LogP contribution in [0.2, 0.25) is 0 Å². The van der Waals surface area contributed by atoms with Crippen molar-refractivity contribution in [3.05, 3.63) is 52.0 Å². The summed E-state index contributed by atoms with van der Waals surface area (Å²) in [6, 6.07) is 8.84. The molecule has 2 fully saturated rings. The molecule has 2 aliphatic rings. The summed E-state index contributed by atoms with van der Waals surface area (Å²) in [6.07, 6.45) is 9.96. The second-order valence-electron chi connectivity index (χ2n) is 9.22. The van der Waals surface area contributed by atoms with E-state index in [1.165, 1.54) is 49.0 Å². The summed E-state index contributed by atoms with van der Waals surface area (Å²) in [5, 5.41) is 2.20. The lowest BCUT2D eigenvalue weighted by Crippen LogP contribution is -2.44. The number of rotatable bonds is 7. The van der Waals surface area contributed by atoms with Gasteiger partial charge in [-0.15, -0.1) is 11.3 Å². The number of ether oxygens (including phenoxy) is 1. The smallest absolute Gasteiger partial charge is 0.0644 e. The number of hydrogen-bond donors (Lipinski definition) is 0. The van der Waals surface area contributed by atoms with Crippen LogP contribution in [0, 0.1) is 12.3 Å². The Hall–Kier alpha value is -1.23. The molecule has 0 saturated carbocycles. The molecule has 1 unspecified atom stereocenters. The Labute approximate surface area is 174 Å². The van der Waals surface area contributed by atoms with E-state index in [0.29, 0.717) is 11.5 Å². The molecule has 2 aromatic heterocycles. The highest BCUT2D eigenvalue weighted by Crippen LogP contribution is 2.47. The number of thiophene rings is 1. The average molecular weight is 399 g/mol. The molecule has 28 heavy (non-hydrogen) atoms. The van der Waals surface area contributed by atoms with E-state index in [1.54, 1.807) is 0 Å². The molecular formula is C24H34N2OS. The summed E-state index contributed by atoms with van der Waals surface area (Å²) in [5.74, 6) is 0. The molecule has 0 aromatic carbocycles. The molecule has 0 spiro atoms. The summed E-state index contributed by atoms with van der Waals surface area (Å²) in [7, 11) is 0. The highest BCUT2D eigenvalue weighted by Gasteiger charge is 2.49. The van der Waals surface area contributed by atoms with Gasteiger partial charge < -0.3 is 4.74 Å². The number of likely N-dealkylation sites (tertiary alicyclic amines) is 1. The molecule has 2 aliphatic heterocycles. The minimum absolute atomic E-state index is 0.00874. The van der Waals surface area contributed by atoms with Crippen LogP contribution in [0.25, 0.3) is 0 Å². The zero-order chi connectivity index (χ0) is 19.6. The first-order valence-electron chi connectivity index (χ1n) is 10.8. The van der Waals surface area contributed by atoms with Crippen LogP contribution in [0.1, 0.15) is 62.1 Å². The molecule has 3 nitrogen and oxygen atoms in total. The van der Waals surface area contributed by atoms with Crippen molar-refractivity contribution in [2.24, 2.45) is 5.41 Å². The van der Waals surface area contributed by atoms with Gasteiger partial charge in [0.1, 0.15) is 0 Å². The number of nitrogens with zero attached hydrogens (tertiary/aromatic N) is 2. The van der Waals surface area contributed by atoms with Crippen LogP contribution in [-0.4, -0.2) is 35.7 Å². The lowest BCUT2D eigenvalue weighted by Gasteiger charge is -2.40. The van der Waals surface area contributed by atoms with Crippen molar-refractivity contribution in [1.29, 1.82) is 0 Å². The molecule has 0 aliphatic carbocycles. The van der Waals surface area contributed by atoms with Crippen LogP contribution in [0.4, 0.5) is 0 Å². The fourth-order valence-electron chi connectivity index (χ4n) is 5.14. The molecule has 4 heteroatoms. The van der Waals surface area contributed by atoms with Crippen LogP contribution in [0.5, 0.6) is 0 Å². The van der Waals surface area contributed by atoms with Crippen molar-refractivity contribution in [3.63, 3.8) is 0 Å². The summed E-state index contributed by atoms with van der Waals surface area (Å²) in [6.45, 7) is 10.0. The third-order valence-corrected chi connectivity index (χ3v) is 8.02. The number of pyridine rings is 1. The van der Waals surface area contributed by atoms with Gasteiger partial charge in [-0.05, 0) is 88.9 Å². The van der Waals surface area contributed by atoms with E-state index in [0.717, 1.165) is 25.4 Å². The van der Waals surface area contributed by atoms with Gasteiger partial charge in [0.15, 0.2) is 0 Å². The first kappa shape index (κ1) is 20.1. The Morgan fingerprint density at radius 1 is 1.32 bits per heavy atom. The zero-order valence-electron chi connectivity index (χ0n) is 17.6. The van der Waals surface area contributed by atoms with Gasteiger partial charge in [0.05, 0.1) is 6.10 Å². The van der Waals surface area contributed by atoms with Gasteiger partial charge in [-0.25, -0.2) is 0 Å². The lowest BCUT2D eigenvalue weighted by molar-refractivity contribution is -0.00945. The molecule has 0 amide bonds. The summed E-state index contributed by atoms with van der Waals surface area (Å²) >= 11 is 1.89. The molecule has 0 N–H and O–H groups in total. The normalized spacial score (nSPS) is 26.2. The highest BCUT2D eigenvalue weighted by molar-refractivity contribution is 7.09. The third kappa shape index (κ3) is 4.05. The van der Waals surface area contributed by atoms with E-state index >= 15 is 0 Å². The molecule has 4 rings (SSSR count). The van der Waals surface area contributed by atoms with E-state index in [9.17, 15) is 0 Å². The van der Waals surface area contributed by atoms with Gasteiger partial charge in [-0.1, -0.05) is 12.1 Å². The van der Waals surface area contributed by atoms with Crippen molar-refractivity contribution in [3.8, 4) is 0 Å². The van der Waals surface area contributed by atoms with E-state index in [-0.39, 0.29) is 5.54 Å². The summed E-state index contributed by atoms with van der Waals surface area (Å²) < 4.78 is 6.27. The van der Waals surface area contributed by atoms with E-state index < -0.39 is 0 Å². The topological polar surface area (TPSA) is 25.4 Å². The minimum atomic E-state index is 0.00874. The first-order chi connectivity index (χ1) is 13.5. The first-order valence-corrected chi connectivity index (χ1v) is 11.7. The Balaban J connectivity index is 1.48. The summed E-state index contributed by atoms with van der Waals surface area (Å²) in [5.41, 5.74) is 2.72. The van der Waals surface area contributed by atoms with Gasteiger partial charge in [-0.2, -0.15) is 0 Å². The number of hydrogen-bond acceptors (Lipinski definition) is 4. The summed E-state index contributed by atoms with van der Waals surface area (Å²) in [4.78, 5) is 8.76. The standard InChI is InChI=1S/C24H34N2OS/c1-19-10-11-20(17-25-19)23(2,3)26-14-13-24(18-26,22-9-5-15-27-22)12-4-7-21-8-6-16-28-21/h6,8,10-11,16-17,22H,4-5,7,9,12-15,18H2,1-3H3/t22?,24-/m1/s1. The van der Waals surface area contributed by atoms with Crippen LogP contribution in [-0.2, 0) is 16.7 Å². The van der Waals surface area contributed by atoms with E-state index in [2.05, 4.69) is 66.5 Å². The molecule has 2 saturated heterocycles. The van der Waals surface area contributed by atoms with Gasteiger partial charge in [0, 0.05) is 40.9 Å². The molecule has 4 heterocycles. The Morgan fingerprint density at radius 2 is 2.21 bits per heavy atom. The SMILES string of the molecule is Cc1ccc(C(C)(C)N2CC[C@@](CCCc3cccs3)(C3CCCO3)C2)cn1. The average Bonchev–Trinajstić information content (AvgIpc) is 3.44. The number of aromatic nitrogens is 1. The highest BCUT2D eigenvalue weighted by atomic mass is 32.1. The third-order valence-electron chi connectivity index (χ3n) is 7.08. The van der Waals surface area contributed by atoms with Crippen molar-refractivity contribution in [1.82, 2.24) is 9.88 Å². The van der Waals surface area contributed by atoms with E-state index in [1.807, 2.05) is 11.3 Å². The van der Waals surface area contributed by atoms with E-state index in [4.69, 9.17) is 4.74 Å². The Kier molecular flexibility index (Phi) is 5.91. The maximum Gasteiger partial charge on any atom is 0.0644 e. The molecule has 0 bridgehead atoms. The Bertz CT molecular complexity index is 749. The van der Waals surface area contributed by atoms with Crippen molar-refractivity contribution < 1.29 is 4.74 Å².